The van der Waals surface area contributed by atoms with Crippen molar-refractivity contribution >= 4 is 12.3 Å². The third kappa shape index (κ3) is 2.20. The predicted molar refractivity (Wildman–Crippen MR) is 55.7 cm³/mol. The van der Waals surface area contributed by atoms with Crippen LogP contribution in [0.1, 0.15) is 27.6 Å². The molecule has 0 saturated heterocycles. The van der Waals surface area contributed by atoms with Crippen LogP contribution < -0.4 is 4.74 Å². The van der Waals surface area contributed by atoms with E-state index in [1.807, 2.05) is 0 Å². The Labute approximate surface area is 92.3 Å². The van der Waals surface area contributed by atoms with Crippen molar-refractivity contribution in [2.24, 2.45) is 0 Å². The number of carboxylic acids is 1. The number of carboxylic acid groups (broad SMARTS) is 1. The molecule has 0 aliphatic carbocycles. The Balaban J connectivity index is 3.35. The van der Waals surface area contributed by atoms with Gasteiger partial charge in [-0.25, -0.2) is 4.79 Å². The van der Waals surface area contributed by atoms with Crippen molar-refractivity contribution in [3.8, 4) is 5.75 Å². The molecule has 0 amide bonds. The van der Waals surface area contributed by atoms with Crippen LogP contribution in [-0.2, 0) is 4.79 Å². The number of benzene rings is 1. The van der Waals surface area contributed by atoms with E-state index >= 15 is 0 Å². The summed E-state index contributed by atoms with van der Waals surface area (Å²) in [6, 6.07) is 2.84. The van der Waals surface area contributed by atoms with Crippen molar-refractivity contribution in [2.45, 2.75) is 13.0 Å². The van der Waals surface area contributed by atoms with Crippen LogP contribution in [0.5, 0.6) is 5.75 Å². The van der Waals surface area contributed by atoms with Crippen molar-refractivity contribution in [1.29, 1.82) is 0 Å². The number of aryl methyl sites for hydroxylation is 1. The van der Waals surface area contributed by atoms with Crippen LogP contribution in [0, 0.1) is 6.92 Å². The molecular formula is C11H12O5. The summed E-state index contributed by atoms with van der Waals surface area (Å²) in [5, 5.41) is 18.1. The van der Waals surface area contributed by atoms with Gasteiger partial charge in [-0.3, -0.25) is 4.79 Å². The fraction of sp³-hybridized carbons (Fsp3) is 0.273. The summed E-state index contributed by atoms with van der Waals surface area (Å²) in [4.78, 5) is 21.4. The molecule has 0 spiro atoms. The second-order valence-electron chi connectivity index (χ2n) is 3.31. The lowest BCUT2D eigenvalue weighted by Gasteiger charge is -2.13. The van der Waals surface area contributed by atoms with Gasteiger partial charge >= 0.3 is 5.97 Å². The monoisotopic (exact) mass is 224 g/mol. The molecule has 0 fully saturated rings. The molecule has 16 heavy (non-hydrogen) atoms. The van der Waals surface area contributed by atoms with Crippen LogP contribution in [0.15, 0.2) is 12.1 Å². The Morgan fingerprint density at radius 1 is 1.50 bits per heavy atom. The van der Waals surface area contributed by atoms with Gasteiger partial charge in [0.25, 0.3) is 0 Å². The molecule has 2 N–H and O–H groups in total. The summed E-state index contributed by atoms with van der Waals surface area (Å²) in [5.41, 5.74) is 1.06. The number of aldehydes is 1. The molecule has 0 aromatic heterocycles. The SMILES string of the molecule is COc1cc(C)c(C=O)cc1C(O)C(=O)O. The zero-order valence-corrected chi connectivity index (χ0v) is 8.93. The van der Waals surface area contributed by atoms with Crippen LogP contribution in [0.2, 0.25) is 0 Å². The first-order valence-corrected chi connectivity index (χ1v) is 4.55. The number of hydrogen-bond acceptors (Lipinski definition) is 4. The standard InChI is InChI=1S/C11H12O5/c1-6-3-9(16-2)8(4-7(6)5-12)10(13)11(14)15/h3-5,10,13H,1-2H3,(H,14,15). The van der Waals surface area contributed by atoms with E-state index < -0.39 is 12.1 Å². The van der Waals surface area contributed by atoms with Crippen LogP contribution >= 0.6 is 0 Å². The second kappa shape index (κ2) is 4.76. The first kappa shape index (κ1) is 12.2. The largest absolute Gasteiger partial charge is 0.496 e. The molecule has 5 heteroatoms. The third-order valence-electron chi connectivity index (χ3n) is 2.27. The topological polar surface area (TPSA) is 83.8 Å². The molecule has 0 saturated carbocycles. The highest BCUT2D eigenvalue weighted by atomic mass is 16.5. The Hall–Kier alpha value is -1.88. The highest BCUT2D eigenvalue weighted by Gasteiger charge is 2.21. The Kier molecular flexibility index (Phi) is 3.63. The lowest BCUT2D eigenvalue weighted by atomic mass is 10.0. The summed E-state index contributed by atoms with van der Waals surface area (Å²) in [5.74, 6) is -1.14. The quantitative estimate of drug-likeness (QED) is 0.743. The summed E-state index contributed by atoms with van der Waals surface area (Å²) < 4.78 is 4.96. The smallest absolute Gasteiger partial charge is 0.337 e. The van der Waals surface area contributed by atoms with Crippen LogP contribution in [0.25, 0.3) is 0 Å². The molecule has 1 aromatic rings. The van der Waals surface area contributed by atoms with Gasteiger partial charge in [0.15, 0.2) is 6.10 Å². The number of methoxy groups -OCH3 is 1. The molecule has 5 nitrogen and oxygen atoms in total. The zero-order valence-electron chi connectivity index (χ0n) is 8.93. The zero-order chi connectivity index (χ0) is 12.3. The van der Waals surface area contributed by atoms with Crippen molar-refractivity contribution < 1.29 is 24.5 Å². The van der Waals surface area contributed by atoms with Gasteiger partial charge in [0.05, 0.1) is 7.11 Å². The highest BCUT2D eigenvalue weighted by Crippen LogP contribution is 2.28. The van der Waals surface area contributed by atoms with Gasteiger partial charge in [0.1, 0.15) is 12.0 Å². The van der Waals surface area contributed by atoms with Crippen LogP contribution in [0.3, 0.4) is 0 Å². The molecule has 0 heterocycles. The maximum absolute atomic E-state index is 10.7. The molecule has 0 radical (unpaired) electrons. The molecular weight excluding hydrogens is 212 g/mol. The molecule has 1 unspecified atom stereocenters. The number of aliphatic hydroxyl groups excluding tert-OH is 1. The van der Waals surface area contributed by atoms with Gasteiger partial charge in [0.2, 0.25) is 0 Å². The third-order valence-corrected chi connectivity index (χ3v) is 2.27. The highest BCUT2D eigenvalue weighted by molar-refractivity contribution is 5.81. The van der Waals surface area contributed by atoms with Crippen LogP contribution in [0.4, 0.5) is 0 Å². The maximum Gasteiger partial charge on any atom is 0.337 e. The van der Waals surface area contributed by atoms with E-state index in [0.717, 1.165) is 0 Å². The predicted octanol–water partition coefficient (Wildman–Crippen LogP) is 0.934. The molecule has 1 rings (SSSR count). The summed E-state index contributed by atoms with van der Waals surface area (Å²) >= 11 is 0. The van der Waals surface area contributed by atoms with Gasteiger partial charge in [-0.1, -0.05) is 0 Å². The van der Waals surface area contributed by atoms with E-state index in [-0.39, 0.29) is 11.3 Å². The number of hydrogen-bond donors (Lipinski definition) is 2. The second-order valence-corrected chi connectivity index (χ2v) is 3.31. The molecule has 0 bridgehead atoms. The number of ether oxygens (including phenoxy) is 1. The summed E-state index contributed by atoms with van der Waals surface area (Å²) in [6.45, 7) is 1.70. The molecule has 0 aliphatic rings. The molecule has 0 aliphatic heterocycles. The van der Waals surface area contributed by atoms with Crippen molar-refractivity contribution in [3.05, 3.63) is 28.8 Å². The van der Waals surface area contributed by atoms with E-state index in [2.05, 4.69) is 0 Å². The Bertz CT molecular complexity index is 425. The molecule has 1 atom stereocenters. The van der Waals surface area contributed by atoms with Gasteiger partial charge in [-0.05, 0) is 24.6 Å². The maximum atomic E-state index is 10.7. The van der Waals surface area contributed by atoms with Gasteiger partial charge in [0, 0.05) is 11.1 Å². The van der Waals surface area contributed by atoms with E-state index in [1.165, 1.54) is 19.2 Å². The minimum Gasteiger partial charge on any atom is -0.496 e. The first-order valence-electron chi connectivity index (χ1n) is 4.55. The number of carbonyl (C=O) groups excluding carboxylic acids is 1. The lowest BCUT2D eigenvalue weighted by Crippen LogP contribution is -2.12. The van der Waals surface area contributed by atoms with Crippen molar-refractivity contribution in [3.63, 3.8) is 0 Å². The summed E-state index contributed by atoms with van der Waals surface area (Å²) in [7, 11) is 1.37. The number of carbonyl (C=O) groups is 2. The van der Waals surface area contributed by atoms with Crippen molar-refractivity contribution in [2.75, 3.05) is 7.11 Å². The minimum atomic E-state index is -1.70. The summed E-state index contributed by atoms with van der Waals surface area (Å²) in [6.07, 6.45) is -1.10. The fourth-order valence-corrected chi connectivity index (χ4v) is 1.37. The van der Waals surface area contributed by atoms with E-state index in [4.69, 9.17) is 9.84 Å². The average molecular weight is 224 g/mol. The van der Waals surface area contributed by atoms with Gasteiger partial charge in [-0.15, -0.1) is 0 Å². The van der Waals surface area contributed by atoms with Gasteiger partial charge < -0.3 is 14.9 Å². The number of aliphatic carboxylic acids is 1. The Morgan fingerprint density at radius 2 is 2.12 bits per heavy atom. The van der Waals surface area contributed by atoms with Gasteiger partial charge in [-0.2, -0.15) is 0 Å². The van der Waals surface area contributed by atoms with E-state index in [1.54, 1.807) is 6.92 Å². The number of rotatable bonds is 4. The first-order chi connectivity index (χ1) is 7.51. The van der Waals surface area contributed by atoms with Crippen molar-refractivity contribution in [1.82, 2.24) is 0 Å². The minimum absolute atomic E-state index is 0.0719. The normalized spacial score (nSPS) is 11.9. The Morgan fingerprint density at radius 3 is 2.56 bits per heavy atom. The number of aliphatic hydroxyl groups is 1. The molecule has 1 aromatic carbocycles. The van der Waals surface area contributed by atoms with E-state index in [0.29, 0.717) is 17.4 Å². The average Bonchev–Trinajstić information content (AvgIpc) is 2.27. The fourth-order valence-electron chi connectivity index (χ4n) is 1.37. The molecule has 86 valence electrons. The van der Waals surface area contributed by atoms with Crippen LogP contribution in [-0.4, -0.2) is 29.6 Å². The lowest BCUT2D eigenvalue weighted by molar-refractivity contribution is -0.147. The van der Waals surface area contributed by atoms with E-state index in [9.17, 15) is 14.7 Å².